The lowest BCUT2D eigenvalue weighted by atomic mass is 10.0. The molecule has 1 N–H and O–H groups in total. The monoisotopic (exact) mass is 448 g/mol. The highest BCUT2D eigenvalue weighted by molar-refractivity contribution is 7.13. The van der Waals surface area contributed by atoms with Crippen LogP contribution in [-0.2, 0) is 19.5 Å². The number of fused-ring (bicyclic) bond motifs is 1. The maximum Gasteiger partial charge on any atom is 0.383 e. The number of nitrogens with zero attached hydrogens (tertiary/aromatic N) is 6. The lowest BCUT2D eigenvalue weighted by molar-refractivity contribution is -0.389. The molecule has 0 aliphatic carbocycles. The molecule has 158 valence electrons. The van der Waals surface area contributed by atoms with Crippen molar-refractivity contribution >= 4 is 28.8 Å². The fourth-order valence-corrected chi connectivity index (χ4v) is 4.64. The van der Waals surface area contributed by atoms with Gasteiger partial charge in [0, 0.05) is 42.8 Å². The first-order chi connectivity index (χ1) is 14.2. The molecule has 3 aromatic heterocycles. The minimum Gasteiger partial charge on any atom is -0.387 e. The van der Waals surface area contributed by atoms with Gasteiger partial charge in [-0.3, -0.25) is 9.47 Å². The van der Waals surface area contributed by atoms with Crippen LogP contribution in [0.2, 0.25) is 5.28 Å². The smallest absolute Gasteiger partial charge is 0.383 e. The van der Waals surface area contributed by atoms with Gasteiger partial charge in [0.2, 0.25) is 0 Å². The molecule has 0 saturated heterocycles. The first-order valence-electron chi connectivity index (χ1n) is 9.43. The molecule has 4 rings (SSSR count). The van der Waals surface area contributed by atoms with Crippen molar-refractivity contribution in [2.75, 3.05) is 13.1 Å². The van der Waals surface area contributed by atoms with Crippen molar-refractivity contribution < 1.29 is 10.0 Å². The Kier molecular flexibility index (Phi) is 5.58. The summed E-state index contributed by atoms with van der Waals surface area (Å²) in [6, 6.07) is 4.06. The normalized spacial score (nSPS) is 16.3. The second kappa shape index (κ2) is 8.03. The molecule has 0 aromatic carbocycles. The van der Waals surface area contributed by atoms with Gasteiger partial charge < -0.3 is 15.2 Å². The molecule has 0 bridgehead atoms. The molecule has 1 aliphatic heterocycles. The van der Waals surface area contributed by atoms with Gasteiger partial charge in [-0.1, -0.05) is 6.07 Å². The van der Waals surface area contributed by atoms with Gasteiger partial charge in [0.15, 0.2) is 0 Å². The SMILES string of the molecule is Cc1csc(-c2ccc3c(n2)CCN(C[C@](C)(O)Cn2cc([N+](=O)[O-])nc2Cl)C3)n1. The first kappa shape index (κ1) is 20.9. The zero-order valence-corrected chi connectivity index (χ0v) is 18.2. The molecule has 0 saturated carbocycles. The van der Waals surface area contributed by atoms with E-state index in [0.717, 1.165) is 40.6 Å². The topological polar surface area (TPSA) is 110 Å². The summed E-state index contributed by atoms with van der Waals surface area (Å²) in [4.78, 5) is 25.4. The van der Waals surface area contributed by atoms with Gasteiger partial charge in [0.25, 0.3) is 0 Å². The van der Waals surface area contributed by atoms with Gasteiger partial charge >= 0.3 is 11.1 Å². The Labute approximate surface area is 182 Å². The summed E-state index contributed by atoms with van der Waals surface area (Å²) in [7, 11) is 0. The van der Waals surface area contributed by atoms with Gasteiger partial charge in [-0.2, -0.15) is 0 Å². The third-order valence-corrected chi connectivity index (χ3v) is 6.23. The Morgan fingerprint density at radius 2 is 2.13 bits per heavy atom. The third-order valence-electron chi connectivity index (χ3n) is 4.94. The Hall–Kier alpha value is -2.40. The standard InChI is InChI=1S/C19H21ClN6O3S/c1-12-9-30-17(21-12)15-4-3-13-7-24(6-5-14(13)22-15)10-19(2,27)11-25-8-16(26(28)29)23-18(25)20/h3-4,8-9,27H,5-7,10-11H2,1-2H3/t19-/m0/s1. The molecule has 11 heteroatoms. The lowest BCUT2D eigenvalue weighted by Gasteiger charge is -2.34. The highest BCUT2D eigenvalue weighted by atomic mass is 35.5. The average molecular weight is 449 g/mol. The van der Waals surface area contributed by atoms with Crippen LogP contribution in [0.5, 0.6) is 0 Å². The number of β-amino-alcohol motifs (C(OH)–C–C–N with tert-alkyl or cyclic N) is 1. The van der Waals surface area contributed by atoms with E-state index >= 15 is 0 Å². The van der Waals surface area contributed by atoms with E-state index in [1.807, 2.05) is 18.4 Å². The minimum atomic E-state index is -1.14. The predicted octanol–water partition coefficient (Wildman–Crippen LogP) is 3.08. The number of imidazole rings is 1. The number of aryl methyl sites for hydroxylation is 1. The molecule has 3 aromatic rings. The largest absolute Gasteiger partial charge is 0.387 e. The number of nitro groups is 1. The van der Waals surface area contributed by atoms with Crippen LogP contribution in [0.15, 0.2) is 23.7 Å². The van der Waals surface area contributed by atoms with E-state index in [4.69, 9.17) is 16.6 Å². The highest BCUT2D eigenvalue weighted by Gasteiger charge is 2.30. The second-order valence-corrected chi connectivity index (χ2v) is 9.00. The van der Waals surface area contributed by atoms with Crippen LogP contribution in [0, 0.1) is 17.0 Å². The Morgan fingerprint density at radius 3 is 2.80 bits per heavy atom. The van der Waals surface area contributed by atoms with E-state index in [0.29, 0.717) is 13.1 Å². The van der Waals surface area contributed by atoms with Gasteiger partial charge in [-0.05, 0) is 47.0 Å². The predicted molar refractivity (Wildman–Crippen MR) is 114 cm³/mol. The quantitative estimate of drug-likeness (QED) is 0.455. The summed E-state index contributed by atoms with van der Waals surface area (Å²) in [5, 5.41) is 24.7. The molecular weight excluding hydrogens is 428 g/mol. The first-order valence-corrected chi connectivity index (χ1v) is 10.7. The Morgan fingerprint density at radius 1 is 1.33 bits per heavy atom. The summed E-state index contributed by atoms with van der Waals surface area (Å²) in [5.41, 5.74) is 2.94. The Bertz CT molecular complexity index is 1100. The van der Waals surface area contributed by atoms with Crippen LogP contribution in [-0.4, -0.2) is 53.1 Å². The maximum atomic E-state index is 10.9. The molecule has 0 spiro atoms. The highest BCUT2D eigenvalue weighted by Crippen LogP contribution is 2.27. The van der Waals surface area contributed by atoms with Crippen LogP contribution >= 0.6 is 22.9 Å². The summed E-state index contributed by atoms with van der Waals surface area (Å²) < 4.78 is 1.40. The van der Waals surface area contributed by atoms with Crippen molar-refractivity contribution in [3.8, 4) is 10.7 Å². The third kappa shape index (κ3) is 4.51. The second-order valence-electron chi connectivity index (χ2n) is 7.81. The molecule has 1 aliphatic rings. The summed E-state index contributed by atoms with van der Waals surface area (Å²) in [5.74, 6) is -0.333. The summed E-state index contributed by atoms with van der Waals surface area (Å²) in [6.45, 7) is 5.59. The number of pyridine rings is 1. The molecule has 0 amide bonds. The molecule has 0 unspecified atom stereocenters. The molecular formula is C19H21ClN6O3S. The van der Waals surface area contributed by atoms with Gasteiger partial charge in [0.05, 0.1) is 17.8 Å². The van der Waals surface area contributed by atoms with Crippen LogP contribution < -0.4 is 0 Å². The lowest BCUT2D eigenvalue weighted by Crippen LogP contribution is -2.45. The molecule has 0 radical (unpaired) electrons. The number of rotatable bonds is 6. The van der Waals surface area contributed by atoms with E-state index < -0.39 is 10.5 Å². The fraction of sp³-hybridized carbons (Fsp3) is 0.421. The van der Waals surface area contributed by atoms with Crippen LogP contribution in [0.25, 0.3) is 10.7 Å². The van der Waals surface area contributed by atoms with Gasteiger partial charge in [0.1, 0.15) is 11.2 Å². The molecule has 30 heavy (non-hydrogen) atoms. The number of aliphatic hydroxyl groups is 1. The molecule has 4 heterocycles. The Balaban J connectivity index is 1.43. The van der Waals surface area contributed by atoms with E-state index in [9.17, 15) is 15.2 Å². The average Bonchev–Trinajstić information content (AvgIpc) is 3.27. The number of halogens is 1. The summed E-state index contributed by atoms with van der Waals surface area (Å²) in [6.07, 6.45) is 2.02. The molecule has 1 atom stereocenters. The number of aromatic nitrogens is 4. The number of thiazole rings is 1. The van der Waals surface area contributed by atoms with E-state index in [-0.39, 0.29) is 17.6 Å². The van der Waals surface area contributed by atoms with E-state index in [2.05, 4.69) is 20.9 Å². The number of hydrogen-bond donors (Lipinski definition) is 1. The van der Waals surface area contributed by atoms with Crippen molar-refractivity contribution in [2.45, 2.75) is 39.0 Å². The van der Waals surface area contributed by atoms with E-state index in [1.165, 1.54) is 10.8 Å². The van der Waals surface area contributed by atoms with Crippen molar-refractivity contribution in [2.24, 2.45) is 0 Å². The van der Waals surface area contributed by atoms with Crippen LogP contribution in [0.4, 0.5) is 5.82 Å². The van der Waals surface area contributed by atoms with Crippen molar-refractivity contribution in [1.82, 2.24) is 24.4 Å². The van der Waals surface area contributed by atoms with Crippen LogP contribution in [0.3, 0.4) is 0 Å². The van der Waals surface area contributed by atoms with Gasteiger partial charge in [-0.25, -0.2) is 9.97 Å². The van der Waals surface area contributed by atoms with Gasteiger partial charge in [-0.15, -0.1) is 11.3 Å². The zero-order valence-electron chi connectivity index (χ0n) is 16.6. The van der Waals surface area contributed by atoms with Crippen LogP contribution in [0.1, 0.15) is 23.9 Å². The van der Waals surface area contributed by atoms with Crippen molar-refractivity contribution in [1.29, 1.82) is 0 Å². The minimum absolute atomic E-state index is 0.0138. The number of hydrogen-bond acceptors (Lipinski definition) is 8. The zero-order chi connectivity index (χ0) is 21.5. The maximum absolute atomic E-state index is 10.9. The van der Waals surface area contributed by atoms with Crippen molar-refractivity contribution in [3.63, 3.8) is 0 Å². The molecule has 9 nitrogen and oxygen atoms in total. The van der Waals surface area contributed by atoms with Crippen molar-refractivity contribution in [3.05, 3.63) is 56.1 Å². The molecule has 0 fully saturated rings. The fourth-order valence-electron chi connectivity index (χ4n) is 3.68. The summed E-state index contributed by atoms with van der Waals surface area (Å²) >= 11 is 7.57. The van der Waals surface area contributed by atoms with E-state index in [1.54, 1.807) is 18.3 Å².